The summed E-state index contributed by atoms with van der Waals surface area (Å²) in [6, 6.07) is 5.31. The molecule has 0 aliphatic carbocycles. The van der Waals surface area contributed by atoms with Crippen LogP contribution in [0.25, 0.3) is 0 Å². The molecule has 7 heteroatoms. The second-order valence-electron chi connectivity index (χ2n) is 7.11. The van der Waals surface area contributed by atoms with E-state index in [9.17, 15) is 8.42 Å². The van der Waals surface area contributed by atoms with Crippen LogP contribution in [0.1, 0.15) is 38.8 Å². The van der Waals surface area contributed by atoms with E-state index >= 15 is 0 Å². The zero-order valence-corrected chi connectivity index (χ0v) is 16.5. The highest BCUT2D eigenvalue weighted by Gasteiger charge is 2.16. The maximum absolute atomic E-state index is 12.2. The molecular weight excluding hydrogens is 336 g/mol. The lowest BCUT2D eigenvalue weighted by Crippen LogP contribution is -2.27. The average Bonchev–Trinajstić information content (AvgIpc) is 2.51. The van der Waals surface area contributed by atoms with Crippen molar-refractivity contribution < 1.29 is 8.42 Å². The van der Waals surface area contributed by atoms with E-state index in [4.69, 9.17) is 0 Å². The topological polar surface area (TPSA) is 84.0 Å². The summed E-state index contributed by atoms with van der Waals surface area (Å²) in [7, 11) is -3.27. The molecule has 1 aromatic heterocycles. The molecule has 0 saturated heterocycles. The van der Waals surface area contributed by atoms with Gasteiger partial charge in [-0.3, -0.25) is 0 Å². The normalized spacial score (nSPS) is 12.1. The van der Waals surface area contributed by atoms with Crippen molar-refractivity contribution in [1.82, 2.24) is 9.97 Å². The highest BCUT2D eigenvalue weighted by molar-refractivity contribution is 7.91. The fourth-order valence-electron chi connectivity index (χ4n) is 2.27. The first-order valence-corrected chi connectivity index (χ1v) is 9.89. The molecule has 2 rings (SSSR count). The lowest BCUT2D eigenvalue weighted by molar-refractivity contribution is 0.596. The molecule has 1 aromatic carbocycles. The van der Waals surface area contributed by atoms with Gasteiger partial charge in [-0.25, -0.2) is 13.4 Å². The van der Waals surface area contributed by atoms with Crippen molar-refractivity contribution in [3.05, 3.63) is 35.5 Å². The van der Waals surface area contributed by atoms with Gasteiger partial charge >= 0.3 is 0 Å². The quantitative estimate of drug-likeness (QED) is 0.841. The third-order valence-electron chi connectivity index (χ3n) is 3.62. The van der Waals surface area contributed by atoms with E-state index in [0.29, 0.717) is 22.3 Å². The van der Waals surface area contributed by atoms with Gasteiger partial charge in [0, 0.05) is 23.0 Å². The molecule has 0 fully saturated rings. The first-order valence-electron chi connectivity index (χ1n) is 8.24. The Morgan fingerprint density at radius 2 is 1.80 bits per heavy atom. The fraction of sp³-hybridized carbons (Fsp3) is 0.444. The van der Waals surface area contributed by atoms with Crippen molar-refractivity contribution in [2.45, 2.75) is 52.0 Å². The second kappa shape index (κ2) is 7.00. The standard InChI is InChI=1S/C18H26N4O2S/c1-7-25(23,24)15-10-14(9-8-12(15)2)20-16-13(3)11-19-17(21-16)22-18(4,5)6/h8-11H,7H2,1-6H3,(H2,19,20,21,22). The Kier molecular flexibility index (Phi) is 5.37. The molecule has 0 amide bonds. The molecule has 0 radical (unpaired) electrons. The van der Waals surface area contributed by atoms with Crippen molar-refractivity contribution in [1.29, 1.82) is 0 Å². The van der Waals surface area contributed by atoms with Gasteiger partial charge in [-0.05, 0) is 52.3 Å². The number of aryl methyl sites for hydroxylation is 2. The summed E-state index contributed by atoms with van der Waals surface area (Å²) in [6.07, 6.45) is 1.74. The Bertz CT molecular complexity index is 871. The first kappa shape index (κ1) is 19.2. The minimum Gasteiger partial charge on any atom is -0.350 e. The molecule has 1 heterocycles. The summed E-state index contributed by atoms with van der Waals surface area (Å²) in [5.41, 5.74) is 2.14. The van der Waals surface area contributed by atoms with Gasteiger partial charge in [0.05, 0.1) is 10.6 Å². The van der Waals surface area contributed by atoms with Crippen LogP contribution in [0.15, 0.2) is 29.3 Å². The zero-order valence-electron chi connectivity index (χ0n) is 15.6. The van der Waals surface area contributed by atoms with Gasteiger partial charge in [0.2, 0.25) is 5.95 Å². The Morgan fingerprint density at radius 3 is 2.40 bits per heavy atom. The van der Waals surface area contributed by atoms with E-state index in [0.717, 1.165) is 11.1 Å². The van der Waals surface area contributed by atoms with E-state index < -0.39 is 9.84 Å². The Hall–Kier alpha value is -2.15. The molecular formula is C18H26N4O2S. The van der Waals surface area contributed by atoms with Crippen molar-refractivity contribution >= 4 is 27.3 Å². The number of rotatable bonds is 5. The largest absolute Gasteiger partial charge is 0.350 e. The Morgan fingerprint density at radius 1 is 1.12 bits per heavy atom. The number of hydrogen-bond acceptors (Lipinski definition) is 6. The van der Waals surface area contributed by atoms with Gasteiger partial charge in [0.1, 0.15) is 5.82 Å². The van der Waals surface area contributed by atoms with Gasteiger partial charge in [-0.15, -0.1) is 0 Å². The van der Waals surface area contributed by atoms with Crippen LogP contribution in [0, 0.1) is 13.8 Å². The van der Waals surface area contributed by atoms with Gasteiger partial charge < -0.3 is 10.6 Å². The van der Waals surface area contributed by atoms with Crippen molar-refractivity contribution in [2.24, 2.45) is 0 Å². The summed E-state index contributed by atoms with van der Waals surface area (Å²) >= 11 is 0. The highest BCUT2D eigenvalue weighted by Crippen LogP contribution is 2.25. The number of hydrogen-bond donors (Lipinski definition) is 2. The van der Waals surface area contributed by atoms with E-state index in [1.165, 1.54) is 0 Å². The van der Waals surface area contributed by atoms with E-state index in [-0.39, 0.29) is 11.3 Å². The maximum atomic E-state index is 12.2. The van der Waals surface area contributed by atoms with Crippen molar-refractivity contribution in [2.75, 3.05) is 16.4 Å². The van der Waals surface area contributed by atoms with E-state index in [2.05, 4.69) is 20.6 Å². The van der Waals surface area contributed by atoms with Crippen LogP contribution < -0.4 is 10.6 Å². The Labute approximate surface area is 150 Å². The molecule has 0 aliphatic heterocycles. The number of aromatic nitrogens is 2. The molecule has 2 N–H and O–H groups in total. The smallest absolute Gasteiger partial charge is 0.225 e. The molecule has 25 heavy (non-hydrogen) atoms. The molecule has 0 aliphatic rings. The van der Waals surface area contributed by atoms with Crippen LogP contribution in [-0.2, 0) is 9.84 Å². The lowest BCUT2D eigenvalue weighted by atomic mass is 10.1. The monoisotopic (exact) mass is 362 g/mol. The van der Waals surface area contributed by atoms with E-state index in [1.54, 1.807) is 32.2 Å². The average molecular weight is 362 g/mol. The predicted octanol–water partition coefficient (Wildman–Crippen LogP) is 3.84. The van der Waals surface area contributed by atoms with Crippen LogP contribution in [-0.4, -0.2) is 29.7 Å². The van der Waals surface area contributed by atoms with Crippen LogP contribution in [0.2, 0.25) is 0 Å². The SMILES string of the molecule is CCS(=O)(=O)c1cc(Nc2nc(NC(C)(C)C)ncc2C)ccc1C. The molecule has 0 atom stereocenters. The van der Waals surface area contributed by atoms with Crippen LogP contribution in [0.4, 0.5) is 17.5 Å². The second-order valence-corrected chi connectivity index (χ2v) is 9.36. The molecule has 0 unspecified atom stereocenters. The summed E-state index contributed by atoms with van der Waals surface area (Å²) in [5.74, 6) is 1.24. The predicted molar refractivity (Wildman–Crippen MR) is 102 cm³/mol. The minimum absolute atomic E-state index is 0.0729. The van der Waals surface area contributed by atoms with Crippen LogP contribution in [0.5, 0.6) is 0 Å². The van der Waals surface area contributed by atoms with Crippen LogP contribution in [0.3, 0.4) is 0 Å². The molecule has 2 aromatic rings. The third kappa shape index (κ3) is 4.92. The van der Waals surface area contributed by atoms with Crippen molar-refractivity contribution in [3.63, 3.8) is 0 Å². The molecule has 6 nitrogen and oxygen atoms in total. The van der Waals surface area contributed by atoms with Crippen LogP contribution >= 0.6 is 0 Å². The van der Waals surface area contributed by atoms with Gasteiger partial charge in [0.25, 0.3) is 0 Å². The maximum Gasteiger partial charge on any atom is 0.225 e. The number of anilines is 3. The molecule has 0 saturated carbocycles. The summed E-state index contributed by atoms with van der Waals surface area (Å²) in [4.78, 5) is 9.14. The molecule has 136 valence electrons. The van der Waals surface area contributed by atoms with Crippen molar-refractivity contribution in [3.8, 4) is 0 Å². The highest BCUT2D eigenvalue weighted by atomic mass is 32.2. The minimum atomic E-state index is -3.27. The molecule has 0 bridgehead atoms. The van der Waals surface area contributed by atoms with Gasteiger partial charge in [-0.2, -0.15) is 4.98 Å². The summed E-state index contributed by atoms with van der Waals surface area (Å²) < 4.78 is 24.5. The summed E-state index contributed by atoms with van der Waals surface area (Å²) in [6.45, 7) is 11.4. The Balaban J connectivity index is 2.37. The number of nitrogens with one attached hydrogen (secondary N) is 2. The van der Waals surface area contributed by atoms with Gasteiger partial charge in [0.15, 0.2) is 9.84 Å². The van der Waals surface area contributed by atoms with Gasteiger partial charge in [-0.1, -0.05) is 13.0 Å². The van der Waals surface area contributed by atoms with E-state index in [1.807, 2.05) is 33.8 Å². The molecule has 0 spiro atoms. The fourth-order valence-corrected chi connectivity index (χ4v) is 3.45. The number of sulfone groups is 1. The summed E-state index contributed by atoms with van der Waals surface area (Å²) in [5, 5.41) is 6.44. The lowest BCUT2D eigenvalue weighted by Gasteiger charge is -2.21. The third-order valence-corrected chi connectivity index (χ3v) is 5.49. The zero-order chi connectivity index (χ0) is 18.8. The first-order chi connectivity index (χ1) is 11.5. The number of nitrogens with zero attached hydrogens (tertiary/aromatic N) is 2. The number of benzene rings is 1.